The second-order valence-corrected chi connectivity index (χ2v) is 5.92. The van der Waals surface area contributed by atoms with Crippen LogP contribution in [0.4, 0.5) is 0 Å². The molecule has 3 heteroatoms. The molecule has 0 aromatic heterocycles. The van der Waals surface area contributed by atoms with Crippen LogP contribution in [0.5, 0.6) is 0 Å². The van der Waals surface area contributed by atoms with Gasteiger partial charge in [0.05, 0.1) is 0 Å². The van der Waals surface area contributed by atoms with Gasteiger partial charge in [0.15, 0.2) is 0 Å². The Morgan fingerprint density at radius 2 is 1.79 bits per heavy atom. The van der Waals surface area contributed by atoms with E-state index in [-0.39, 0.29) is 6.04 Å². The second kappa shape index (κ2) is 6.99. The summed E-state index contributed by atoms with van der Waals surface area (Å²) >= 11 is 7.94. The Morgan fingerprint density at radius 3 is 2.42 bits per heavy atom. The fourth-order valence-corrected chi connectivity index (χ4v) is 3.01. The Kier molecular flexibility index (Phi) is 5.32. The highest BCUT2D eigenvalue weighted by Crippen LogP contribution is 2.27. The van der Waals surface area contributed by atoms with E-state index in [0.717, 1.165) is 17.2 Å². The van der Waals surface area contributed by atoms with Crippen LogP contribution in [0.15, 0.2) is 53.4 Å². The summed E-state index contributed by atoms with van der Waals surface area (Å²) < 4.78 is 0. The maximum absolute atomic E-state index is 6.15. The van der Waals surface area contributed by atoms with Crippen LogP contribution in [0, 0.1) is 0 Å². The van der Waals surface area contributed by atoms with Gasteiger partial charge < -0.3 is 5.73 Å². The average Bonchev–Trinajstić information content (AvgIpc) is 2.46. The van der Waals surface area contributed by atoms with Crippen LogP contribution in [0.3, 0.4) is 0 Å². The molecule has 0 saturated carbocycles. The molecule has 1 atom stereocenters. The van der Waals surface area contributed by atoms with Crippen molar-refractivity contribution in [3.05, 3.63) is 64.7 Å². The lowest BCUT2D eigenvalue weighted by Gasteiger charge is -2.10. The molecule has 0 spiro atoms. The van der Waals surface area contributed by atoms with Crippen molar-refractivity contribution in [3.8, 4) is 0 Å². The van der Waals surface area contributed by atoms with Crippen LogP contribution in [0.1, 0.15) is 30.5 Å². The number of rotatable bonds is 5. The van der Waals surface area contributed by atoms with Gasteiger partial charge in [-0.25, -0.2) is 0 Å². The van der Waals surface area contributed by atoms with E-state index in [1.54, 1.807) is 11.8 Å². The van der Waals surface area contributed by atoms with Gasteiger partial charge in [-0.3, -0.25) is 0 Å². The number of halogens is 1. The van der Waals surface area contributed by atoms with Crippen molar-refractivity contribution in [2.75, 3.05) is 0 Å². The highest BCUT2D eigenvalue weighted by atomic mass is 35.5. The topological polar surface area (TPSA) is 26.0 Å². The number of hydrogen-bond acceptors (Lipinski definition) is 2. The number of thioether (sulfide) groups is 1. The number of nitrogens with two attached hydrogens (primary N) is 1. The minimum absolute atomic E-state index is 0.141. The first kappa shape index (κ1) is 14.4. The fourth-order valence-electron chi connectivity index (χ4n) is 1.82. The predicted octanol–water partition coefficient (Wildman–Crippen LogP) is 5.04. The lowest BCUT2D eigenvalue weighted by atomic mass is 10.1. The molecule has 0 amide bonds. The minimum atomic E-state index is 0.141. The van der Waals surface area contributed by atoms with Gasteiger partial charge in [-0.1, -0.05) is 48.9 Å². The summed E-state index contributed by atoms with van der Waals surface area (Å²) in [5.41, 5.74) is 8.37. The molecule has 0 aliphatic heterocycles. The van der Waals surface area contributed by atoms with Gasteiger partial charge in [0.1, 0.15) is 0 Å². The Bertz CT molecular complexity index is 525. The van der Waals surface area contributed by atoms with Crippen molar-refractivity contribution in [2.24, 2.45) is 5.73 Å². The summed E-state index contributed by atoms with van der Waals surface area (Å²) in [6.45, 7) is 2.10. The minimum Gasteiger partial charge on any atom is -0.324 e. The molecule has 0 saturated heterocycles. The van der Waals surface area contributed by atoms with E-state index in [9.17, 15) is 0 Å². The molecule has 0 heterocycles. The van der Waals surface area contributed by atoms with Gasteiger partial charge in [0.2, 0.25) is 0 Å². The van der Waals surface area contributed by atoms with E-state index in [1.165, 1.54) is 16.0 Å². The van der Waals surface area contributed by atoms with Gasteiger partial charge in [-0.05, 0) is 35.7 Å². The van der Waals surface area contributed by atoms with Crippen LogP contribution in [-0.4, -0.2) is 0 Å². The molecule has 0 unspecified atom stereocenters. The van der Waals surface area contributed by atoms with Crippen LogP contribution >= 0.6 is 23.4 Å². The van der Waals surface area contributed by atoms with Crippen LogP contribution in [0.2, 0.25) is 5.02 Å². The first-order valence-electron chi connectivity index (χ1n) is 6.42. The van der Waals surface area contributed by atoms with Gasteiger partial charge >= 0.3 is 0 Å². The molecule has 0 aliphatic rings. The zero-order valence-electron chi connectivity index (χ0n) is 11.0. The smallest absolute Gasteiger partial charge is 0.0446 e. The van der Waals surface area contributed by atoms with Crippen molar-refractivity contribution in [1.29, 1.82) is 0 Å². The molecule has 2 N–H and O–H groups in total. The summed E-state index contributed by atoms with van der Waals surface area (Å²) in [7, 11) is 0. The van der Waals surface area contributed by atoms with Crippen molar-refractivity contribution in [3.63, 3.8) is 0 Å². The van der Waals surface area contributed by atoms with Crippen molar-refractivity contribution in [2.45, 2.75) is 30.0 Å². The predicted molar refractivity (Wildman–Crippen MR) is 84.7 cm³/mol. The molecule has 0 radical (unpaired) electrons. The second-order valence-electron chi connectivity index (χ2n) is 4.46. The van der Waals surface area contributed by atoms with Gasteiger partial charge in [-0.2, -0.15) is 0 Å². The summed E-state index contributed by atoms with van der Waals surface area (Å²) in [5.74, 6) is 0.888. The van der Waals surface area contributed by atoms with E-state index in [1.807, 2.05) is 18.2 Å². The molecule has 100 valence electrons. The Morgan fingerprint density at radius 1 is 1.11 bits per heavy atom. The fraction of sp³-hybridized carbons (Fsp3) is 0.250. The lowest BCUT2D eigenvalue weighted by Crippen LogP contribution is -2.07. The van der Waals surface area contributed by atoms with E-state index < -0.39 is 0 Å². The standard InChI is InChI=1S/C16H18ClNS/c1-2-16(18)12-7-9-14(10-8-12)19-11-13-5-3-4-6-15(13)17/h3-10,16H,2,11,18H2,1H3/t16-/m1/s1. The monoisotopic (exact) mass is 291 g/mol. The van der Waals surface area contributed by atoms with E-state index in [4.69, 9.17) is 17.3 Å². The van der Waals surface area contributed by atoms with Crippen molar-refractivity contribution >= 4 is 23.4 Å². The zero-order chi connectivity index (χ0) is 13.7. The highest BCUT2D eigenvalue weighted by Gasteiger charge is 2.04. The average molecular weight is 292 g/mol. The largest absolute Gasteiger partial charge is 0.324 e. The third kappa shape index (κ3) is 4.00. The summed E-state index contributed by atoms with van der Waals surface area (Å²) in [4.78, 5) is 1.24. The molecule has 2 aromatic carbocycles. The van der Waals surface area contributed by atoms with Gasteiger partial charge in [0.25, 0.3) is 0 Å². The third-order valence-corrected chi connectivity index (χ3v) is 4.53. The lowest BCUT2D eigenvalue weighted by molar-refractivity contribution is 0.698. The van der Waals surface area contributed by atoms with E-state index in [0.29, 0.717) is 0 Å². The zero-order valence-corrected chi connectivity index (χ0v) is 12.5. The first-order valence-corrected chi connectivity index (χ1v) is 7.78. The Hall–Kier alpha value is -0.960. The molecular weight excluding hydrogens is 274 g/mol. The van der Waals surface area contributed by atoms with Crippen LogP contribution in [0.25, 0.3) is 0 Å². The van der Waals surface area contributed by atoms with Gasteiger partial charge in [0, 0.05) is 21.7 Å². The Labute approximate surface area is 124 Å². The molecule has 0 bridgehead atoms. The number of benzene rings is 2. The normalized spacial score (nSPS) is 12.4. The third-order valence-electron chi connectivity index (χ3n) is 3.10. The number of hydrogen-bond donors (Lipinski definition) is 1. The molecule has 0 fully saturated rings. The molecular formula is C16H18ClNS. The highest BCUT2D eigenvalue weighted by molar-refractivity contribution is 7.98. The maximum Gasteiger partial charge on any atom is 0.0446 e. The van der Waals surface area contributed by atoms with Crippen LogP contribution < -0.4 is 5.73 Å². The quantitative estimate of drug-likeness (QED) is 0.781. The van der Waals surface area contributed by atoms with Crippen molar-refractivity contribution < 1.29 is 0 Å². The van der Waals surface area contributed by atoms with E-state index in [2.05, 4.69) is 37.3 Å². The Balaban J connectivity index is 1.99. The first-order chi connectivity index (χ1) is 9.20. The molecule has 0 aliphatic carbocycles. The van der Waals surface area contributed by atoms with E-state index >= 15 is 0 Å². The molecule has 2 rings (SSSR count). The summed E-state index contributed by atoms with van der Waals surface area (Å²) in [5, 5.41) is 0.833. The molecule has 2 aromatic rings. The van der Waals surface area contributed by atoms with Crippen molar-refractivity contribution in [1.82, 2.24) is 0 Å². The molecule has 1 nitrogen and oxygen atoms in total. The summed E-state index contributed by atoms with van der Waals surface area (Å²) in [6.07, 6.45) is 0.964. The molecule has 19 heavy (non-hydrogen) atoms. The SMILES string of the molecule is CC[C@@H](N)c1ccc(SCc2ccccc2Cl)cc1. The maximum atomic E-state index is 6.15. The van der Waals surface area contributed by atoms with Gasteiger partial charge in [-0.15, -0.1) is 11.8 Å². The van der Waals surface area contributed by atoms with Crippen LogP contribution in [-0.2, 0) is 5.75 Å². The summed E-state index contributed by atoms with van der Waals surface area (Å²) in [6, 6.07) is 16.6.